The molecule has 0 aliphatic carbocycles. The predicted molar refractivity (Wildman–Crippen MR) is 86.7 cm³/mol. The molecule has 1 aromatic heterocycles. The zero-order chi connectivity index (χ0) is 15.0. The van der Waals surface area contributed by atoms with Crippen LogP contribution in [-0.4, -0.2) is 9.55 Å². The van der Waals surface area contributed by atoms with Crippen molar-refractivity contribution in [3.05, 3.63) is 68.7 Å². The topological polar surface area (TPSA) is 34.9 Å². The number of hydrogen-bond acceptors (Lipinski definition) is 2. The van der Waals surface area contributed by atoms with Gasteiger partial charge in [-0.1, -0.05) is 48.3 Å². The van der Waals surface area contributed by atoms with E-state index < -0.39 is 0 Å². The molecule has 0 radical (unpaired) electrons. The molecule has 0 N–H and O–H groups in total. The first-order valence-electron chi connectivity index (χ1n) is 6.58. The molecule has 0 saturated heterocycles. The fourth-order valence-electron chi connectivity index (χ4n) is 2.35. The number of nitrogens with zero attached hydrogens (tertiary/aromatic N) is 2. The lowest BCUT2D eigenvalue weighted by Gasteiger charge is -2.15. The Hall–Kier alpha value is -1.84. The van der Waals surface area contributed by atoms with E-state index in [1.807, 2.05) is 25.1 Å². The van der Waals surface area contributed by atoms with Crippen LogP contribution in [0, 0.1) is 0 Å². The summed E-state index contributed by atoms with van der Waals surface area (Å²) in [5, 5.41) is 1.40. The summed E-state index contributed by atoms with van der Waals surface area (Å²) < 4.78 is 1.51. The maximum Gasteiger partial charge on any atom is 0.266 e. The largest absolute Gasteiger partial charge is 0.268 e. The van der Waals surface area contributed by atoms with Crippen LogP contribution in [0.1, 0.15) is 12.7 Å². The van der Waals surface area contributed by atoms with Crippen molar-refractivity contribution in [1.29, 1.82) is 0 Å². The molecule has 0 bridgehead atoms. The fraction of sp³-hybridized carbons (Fsp3) is 0.125. The Morgan fingerprint density at radius 2 is 1.71 bits per heavy atom. The fourth-order valence-corrected chi connectivity index (χ4v) is 2.92. The first-order valence-corrected chi connectivity index (χ1v) is 7.34. The Morgan fingerprint density at radius 3 is 2.38 bits per heavy atom. The summed E-state index contributed by atoms with van der Waals surface area (Å²) in [4.78, 5) is 17.4. The Bertz CT molecular complexity index is 867. The summed E-state index contributed by atoms with van der Waals surface area (Å²) in [6.07, 6.45) is 0.599. The van der Waals surface area contributed by atoms with Gasteiger partial charge in [0.2, 0.25) is 0 Å². The summed E-state index contributed by atoms with van der Waals surface area (Å²) >= 11 is 12.5. The van der Waals surface area contributed by atoms with E-state index in [2.05, 4.69) is 4.98 Å². The van der Waals surface area contributed by atoms with E-state index >= 15 is 0 Å². The summed E-state index contributed by atoms with van der Waals surface area (Å²) in [5.74, 6) is 0.633. The van der Waals surface area contributed by atoms with Crippen molar-refractivity contribution in [2.75, 3.05) is 0 Å². The molecule has 0 fully saturated rings. The van der Waals surface area contributed by atoms with Crippen molar-refractivity contribution in [1.82, 2.24) is 9.55 Å². The second-order valence-electron chi connectivity index (χ2n) is 4.61. The highest BCUT2D eigenvalue weighted by Crippen LogP contribution is 2.28. The van der Waals surface area contributed by atoms with Crippen molar-refractivity contribution >= 4 is 34.1 Å². The van der Waals surface area contributed by atoms with Gasteiger partial charge in [0.25, 0.3) is 5.56 Å². The minimum atomic E-state index is -0.160. The molecule has 3 aromatic rings. The van der Waals surface area contributed by atoms with Gasteiger partial charge >= 0.3 is 0 Å². The second-order valence-corrected chi connectivity index (χ2v) is 5.42. The van der Waals surface area contributed by atoms with Crippen LogP contribution in [0.3, 0.4) is 0 Å². The van der Waals surface area contributed by atoms with Gasteiger partial charge in [0, 0.05) is 6.42 Å². The Balaban J connectivity index is 2.47. The molecule has 3 nitrogen and oxygen atoms in total. The van der Waals surface area contributed by atoms with Gasteiger partial charge < -0.3 is 0 Å². The van der Waals surface area contributed by atoms with Gasteiger partial charge in [-0.3, -0.25) is 9.36 Å². The number of fused-ring (bicyclic) bond motifs is 1. The molecule has 2 aromatic carbocycles. The third kappa shape index (κ3) is 2.33. The zero-order valence-corrected chi connectivity index (χ0v) is 12.8. The van der Waals surface area contributed by atoms with Crippen LogP contribution in [0.4, 0.5) is 0 Å². The van der Waals surface area contributed by atoms with Crippen LogP contribution < -0.4 is 5.56 Å². The van der Waals surface area contributed by atoms with E-state index in [0.29, 0.717) is 38.9 Å². The van der Waals surface area contributed by atoms with Crippen LogP contribution in [-0.2, 0) is 6.42 Å². The van der Waals surface area contributed by atoms with Crippen molar-refractivity contribution in [2.24, 2.45) is 0 Å². The number of benzene rings is 2. The Labute approximate surface area is 131 Å². The van der Waals surface area contributed by atoms with Gasteiger partial charge in [0.15, 0.2) is 0 Å². The normalized spacial score (nSPS) is 11.0. The van der Waals surface area contributed by atoms with Gasteiger partial charge in [-0.25, -0.2) is 4.98 Å². The highest BCUT2D eigenvalue weighted by atomic mass is 35.5. The van der Waals surface area contributed by atoms with Crippen molar-refractivity contribution in [2.45, 2.75) is 13.3 Å². The third-order valence-corrected chi connectivity index (χ3v) is 3.93. The van der Waals surface area contributed by atoms with Crippen LogP contribution in [0.25, 0.3) is 16.6 Å². The maximum atomic E-state index is 12.8. The summed E-state index contributed by atoms with van der Waals surface area (Å²) in [6.45, 7) is 1.94. The van der Waals surface area contributed by atoms with Crippen molar-refractivity contribution in [3.63, 3.8) is 0 Å². The number of aryl methyl sites for hydroxylation is 1. The summed E-state index contributed by atoms with van der Waals surface area (Å²) in [5.41, 5.74) is 1.01. The lowest BCUT2D eigenvalue weighted by Crippen LogP contribution is -2.24. The van der Waals surface area contributed by atoms with Crippen LogP contribution in [0.2, 0.25) is 10.0 Å². The lowest BCUT2D eigenvalue weighted by atomic mass is 10.2. The van der Waals surface area contributed by atoms with E-state index in [0.717, 1.165) is 0 Å². The Kier molecular flexibility index (Phi) is 3.70. The standard InChI is InChI=1S/C16H12Cl2N2O/c1-2-14-19-13-9-4-3-6-10(13)16(21)20(14)15-11(17)7-5-8-12(15)18/h3-9H,2H2,1H3. The second kappa shape index (κ2) is 5.51. The predicted octanol–water partition coefficient (Wildman–Crippen LogP) is 4.25. The van der Waals surface area contributed by atoms with E-state index in [-0.39, 0.29) is 5.56 Å². The van der Waals surface area contributed by atoms with E-state index in [4.69, 9.17) is 23.2 Å². The molecule has 0 unspecified atom stereocenters. The first kappa shape index (κ1) is 14.1. The van der Waals surface area contributed by atoms with Crippen LogP contribution >= 0.6 is 23.2 Å². The van der Waals surface area contributed by atoms with Crippen LogP contribution in [0.5, 0.6) is 0 Å². The monoisotopic (exact) mass is 318 g/mol. The minimum absolute atomic E-state index is 0.160. The highest BCUT2D eigenvalue weighted by Gasteiger charge is 2.16. The molecular weight excluding hydrogens is 307 g/mol. The number of hydrogen-bond donors (Lipinski definition) is 0. The molecule has 0 amide bonds. The molecule has 0 aliphatic heterocycles. The van der Waals surface area contributed by atoms with E-state index in [9.17, 15) is 4.79 Å². The zero-order valence-electron chi connectivity index (χ0n) is 11.3. The number of para-hydroxylation sites is 2. The van der Waals surface area contributed by atoms with Crippen molar-refractivity contribution < 1.29 is 0 Å². The van der Waals surface area contributed by atoms with Gasteiger partial charge in [-0.15, -0.1) is 0 Å². The molecule has 0 saturated carbocycles. The molecule has 3 rings (SSSR count). The summed E-state index contributed by atoms with van der Waals surface area (Å²) in [6, 6.07) is 12.4. The molecule has 0 spiro atoms. The Morgan fingerprint density at radius 1 is 1.05 bits per heavy atom. The molecule has 106 valence electrons. The third-order valence-electron chi connectivity index (χ3n) is 3.32. The van der Waals surface area contributed by atoms with Crippen LogP contribution in [0.15, 0.2) is 47.3 Å². The molecule has 0 aliphatic rings. The van der Waals surface area contributed by atoms with Gasteiger partial charge in [-0.05, 0) is 24.3 Å². The molecular formula is C16H12Cl2N2O. The van der Waals surface area contributed by atoms with Gasteiger partial charge in [0.1, 0.15) is 5.82 Å². The average molecular weight is 319 g/mol. The first-order chi connectivity index (χ1) is 10.1. The molecule has 0 atom stereocenters. The smallest absolute Gasteiger partial charge is 0.266 e. The van der Waals surface area contributed by atoms with Crippen molar-refractivity contribution in [3.8, 4) is 5.69 Å². The number of aromatic nitrogens is 2. The summed E-state index contributed by atoms with van der Waals surface area (Å²) in [7, 11) is 0. The highest BCUT2D eigenvalue weighted by molar-refractivity contribution is 6.37. The quantitative estimate of drug-likeness (QED) is 0.707. The molecule has 21 heavy (non-hydrogen) atoms. The van der Waals surface area contributed by atoms with Gasteiger partial charge in [-0.2, -0.15) is 0 Å². The number of rotatable bonds is 2. The minimum Gasteiger partial charge on any atom is -0.268 e. The van der Waals surface area contributed by atoms with E-state index in [1.165, 1.54) is 4.57 Å². The molecule has 5 heteroatoms. The van der Waals surface area contributed by atoms with Gasteiger partial charge in [0.05, 0.1) is 26.6 Å². The maximum absolute atomic E-state index is 12.8. The average Bonchev–Trinajstić information content (AvgIpc) is 2.49. The SMILES string of the molecule is CCc1nc2ccccc2c(=O)n1-c1c(Cl)cccc1Cl. The lowest BCUT2D eigenvalue weighted by molar-refractivity contribution is 0.833. The molecule has 1 heterocycles. The van der Waals surface area contributed by atoms with E-state index in [1.54, 1.807) is 24.3 Å². The number of halogens is 2.